The van der Waals surface area contributed by atoms with Crippen LogP contribution in [0.2, 0.25) is 0 Å². The number of carbonyl (C=O) groups is 1. The van der Waals surface area contributed by atoms with Gasteiger partial charge in [0.05, 0.1) is 5.60 Å². The van der Waals surface area contributed by atoms with Gasteiger partial charge >= 0.3 is 0 Å². The van der Waals surface area contributed by atoms with Gasteiger partial charge in [-0.1, -0.05) is 0 Å². The van der Waals surface area contributed by atoms with Crippen LogP contribution in [0.3, 0.4) is 0 Å². The summed E-state index contributed by atoms with van der Waals surface area (Å²) in [7, 11) is 1.68. The number of methoxy groups -OCH3 is 1. The molecule has 1 unspecified atom stereocenters. The molecule has 70 valence electrons. The molecule has 0 spiro atoms. The van der Waals surface area contributed by atoms with Crippen molar-refractivity contribution in [2.24, 2.45) is 0 Å². The highest BCUT2D eigenvalue weighted by atomic mass is 16.5. The molecule has 0 saturated carbocycles. The fourth-order valence-corrected chi connectivity index (χ4v) is 1.63. The molecule has 1 saturated heterocycles. The predicted octanol–water partition coefficient (Wildman–Crippen LogP) is 1.16. The zero-order valence-electron chi connectivity index (χ0n) is 7.54. The minimum Gasteiger partial charge on any atom is -0.381 e. The van der Waals surface area contributed by atoms with Crippen LogP contribution in [-0.2, 0) is 14.3 Å². The third kappa shape index (κ3) is 2.29. The Bertz CT molecular complexity index is 137. The predicted molar refractivity (Wildman–Crippen MR) is 45.1 cm³/mol. The van der Waals surface area contributed by atoms with E-state index in [0.29, 0.717) is 13.0 Å². The first-order chi connectivity index (χ1) is 5.83. The summed E-state index contributed by atoms with van der Waals surface area (Å²) in [4.78, 5) is 10.4. The van der Waals surface area contributed by atoms with Crippen molar-refractivity contribution in [2.75, 3.05) is 20.3 Å². The summed E-state index contributed by atoms with van der Waals surface area (Å²) in [5.41, 5.74) is -0.238. The van der Waals surface area contributed by atoms with Crippen molar-refractivity contribution in [3.05, 3.63) is 0 Å². The summed E-state index contributed by atoms with van der Waals surface area (Å²) in [6.45, 7) is 1.51. The quantitative estimate of drug-likeness (QED) is 0.599. The number of hydrogen-bond donors (Lipinski definition) is 0. The Labute approximate surface area is 73.0 Å². The zero-order chi connectivity index (χ0) is 8.86. The monoisotopic (exact) mass is 172 g/mol. The molecule has 3 heteroatoms. The van der Waals surface area contributed by atoms with E-state index in [1.807, 2.05) is 0 Å². The van der Waals surface area contributed by atoms with Crippen LogP contribution in [0.25, 0.3) is 0 Å². The average Bonchev–Trinajstić information content (AvgIpc) is 2.32. The molecular formula is C9H16O3. The Morgan fingerprint density at radius 2 is 2.33 bits per heavy atom. The van der Waals surface area contributed by atoms with E-state index in [-0.39, 0.29) is 5.60 Å². The molecule has 0 aromatic heterocycles. The van der Waals surface area contributed by atoms with Crippen LogP contribution < -0.4 is 0 Å². The molecule has 1 heterocycles. The maximum atomic E-state index is 10.4. The summed E-state index contributed by atoms with van der Waals surface area (Å²) in [5.74, 6) is 0. The van der Waals surface area contributed by atoms with Gasteiger partial charge < -0.3 is 14.3 Å². The molecule has 0 N–H and O–H groups in total. The molecule has 0 radical (unpaired) electrons. The van der Waals surface area contributed by atoms with Crippen LogP contribution in [0.1, 0.15) is 25.7 Å². The van der Waals surface area contributed by atoms with Gasteiger partial charge in [-0.25, -0.2) is 0 Å². The van der Waals surface area contributed by atoms with Gasteiger partial charge in [0.1, 0.15) is 6.29 Å². The largest absolute Gasteiger partial charge is 0.381 e. The number of rotatable bonds is 3. The van der Waals surface area contributed by atoms with E-state index in [4.69, 9.17) is 9.47 Å². The molecule has 0 amide bonds. The van der Waals surface area contributed by atoms with Crippen molar-refractivity contribution in [1.82, 2.24) is 0 Å². The fourth-order valence-electron chi connectivity index (χ4n) is 1.63. The molecule has 0 aromatic carbocycles. The molecule has 1 aliphatic heterocycles. The van der Waals surface area contributed by atoms with Crippen molar-refractivity contribution in [3.63, 3.8) is 0 Å². The SMILES string of the molecule is COC1(CC=O)CCCOCC1. The molecule has 12 heavy (non-hydrogen) atoms. The molecule has 1 rings (SSSR count). The minimum absolute atomic E-state index is 0.238. The number of ether oxygens (including phenoxy) is 2. The standard InChI is InChI=1S/C9H16O3/c1-11-9(4-6-10)3-2-7-12-8-5-9/h6H,2-5,7-8H2,1H3. The third-order valence-electron chi connectivity index (χ3n) is 2.51. The van der Waals surface area contributed by atoms with Crippen LogP contribution in [0.15, 0.2) is 0 Å². The Hall–Kier alpha value is -0.410. The first-order valence-electron chi connectivity index (χ1n) is 4.39. The third-order valence-corrected chi connectivity index (χ3v) is 2.51. The van der Waals surface area contributed by atoms with E-state index in [9.17, 15) is 4.79 Å². The van der Waals surface area contributed by atoms with Gasteiger partial charge in [-0.3, -0.25) is 0 Å². The lowest BCUT2D eigenvalue weighted by Gasteiger charge is -2.28. The smallest absolute Gasteiger partial charge is 0.122 e. The molecule has 0 aliphatic carbocycles. The van der Waals surface area contributed by atoms with Gasteiger partial charge in [-0.05, 0) is 12.8 Å². The second-order valence-electron chi connectivity index (χ2n) is 3.22. The van der Waals surface area contributed by atoms with Crippen LogP contribution in [0.5, 0.6) is 0 Å². The van der Waals surface area contributed by atoms with E-state index in [0.717, 1.165) is 32.2 Å². The highest BCUT2D eigenvalue weighted by molar-refractivity contribution is 5.51. The van der Waals surface area contributed by atoms with Crippen LogP contribution >= 0.6 is 0 Å². The maximum absolute atomic E-state index is 10.4. The van der Waals surface area contributed by atoms with Crippen LogP contribution in [0.4, 0.5) is 0 Å². The van der Waals surface area contributed by atoms with Crippen molar-refractivity contribution in [1.29, 1.82) is 0 Å². The Morgan fingerprint density at radius 3 is 3.00 bits per heavy atom. The number of hydrogen-bond acceptors (Lipinski definition) is 3. The summed E-state index contributed by atoms with van der Waals surface area (Å²) in [5, 5.41) is 0. The van der Waals surface area contributed by atoms with Crippen molar-refractivity contribution >= 4 is 6.29 Å². The lowest BCUT2D eigenvalue weighted by molar-refractivity contribution is -0.115. The molecule has 1 atom stereocenters. The topological polar surface area (TPSA) is 35.5 Å². The zero-order valence-corrected chi connectivity index (χ0v) is 7.54. The van der Waals surface area contributed by atoms with Crippen molar-refractivity contribution < 1.29 is 14.3 Å². The van der Waals surface area contributed by atoms with Crippen LogP contribution in [0, 0.1) is 0 Å². The van der Waals surface area contributed by atoms with Gasteiger partial charge in [0.25, 0.3) is 0 Å². The Morgan fingerprint density at radius 1 is 1.50 bits per heavy atom. The molecule has 1 aliphatic rings. The second-order valence-corrected chi connectivity index (χ2v) is 3.22. The molecule has 0 bridgehead atoms. The van der Waals surface area contributed by atoms with E-state index in [1.165, 1.54) is 0 Å². The lowest BCUT2D eigenvalue weighted by atomic mass is 9.91. The molecular weight excluding hydrogens is 156 g/mol. The van der Waals surface area contributed by atoms with Crippen LogP contribution in [-0.4, -0.2) is 32.2 Å². The van der Waals surface area contributed by atoms with Crippen molar-refractivity contribution in [3.8, 4) is 0 Å². The van der Waals surface area contributed by atoms with E-state index in [1.54, 1.807) is 7.11 Å². The second kappa shape index (κ2) is 4.58. The minimum atomic E-state index is -0.238. The number of carbonyl (C=O) groups excluding carboxylic acids is 1. The first kappa shape index (κ1) is 9.68. The highest BCUT2D eigenvalue weighted by Crippen LogP contribution is 2.27. The van der Waals surface area contributed by atoms with Gasteiger partial charge in [0.2, 0.25) is 0 Å². The average molecular weight is 172 g/mol. The Kier molecular flexibility index (Phi) is 3.69. The molecule has 0 aromatic rings. The molecule has 1 fully saturated rings. The molecule has 3 nitrogen and oxygen atoms in total. The first-order valence-corrected chi connectivity index (χ1v) is 4.39. The van der Waals surface area contributed by atoms with Gasteiger partial charge in [0.15, 0.2) is 0 Å². The number of aldehydes is 1. The normalized spacial score (nSPS) is 31.1. The summed E-state index contributed by atoms with van der Waals surface area (Å²) in [6, 6.07) is 0. The van der Waals surface area contributed by atoms with Gasteiger partial charge in [-0.2, -0.15) is 0 Å². The van der Waals surface area contributed by atoms with E-state index >= 15 is 0 Å². The van der Waals surface area contributed by atoms with E-state index < -0.39 is 0 Å². The fraction of sp³-hybridized carbons (Fsp3) is 0.889. The van der Waals surface area contributed by atoms with E-state index in [2.05, 4.69) is 0 Å². The summed E-state index contributed by atoms with van der Waals surface area (Å²) < 4.78 is 10.7. The summed E-state index contributed by atoms with van der Waals surface area (Å²) in [6.07, 6.45) is 4.19. The van der Waals surface area contributed by atoms with Crippen molar-refractivity contribution in [2.45, 2.75) is 31.3 Å². The lowest BCUT2D eigenvalue weighted by Crippen LogP contribution is -2.32. The Balaban J connectivity index is 2.54. The maximum Gasteiger partial charge on any atom is 0.122 e. The summed E-state index contributed by atoms with van der Waals surface area (Å²) >= 11 is 0. The van der Waals surface area contributed by atoms with Gasteiger partial charge in [-0.15, -0.1) is 0 Å². The van der Waals surface area contributed by atoms with Gasteiger partial charge in [0, 0.05) is 33.2 Å². The highest BCUT2D eigenvalue weighted by Gasteiger charge is 2.30.